The molecule has 1 atom stereocenters. The molecule has 1 aliphatic rings. The van der Waals surface area contributed by atoms with Crippen molar-refractivity contribution in [3.05, 3.63) is 0 Å². The van der Waals surface area contributed by atoms with Gasteiger partial charge in [-0.3, -0.25) is 4.90 Å². The number of nitrogens with zero attached hydrogens (tertiary/aromatic N) is 1. The lowest BCUT2D eigenvalue weighted by Crippen LogP contribution is -2.24. The number of aldehydes is 1. The molecule has 10 heavy (non-hydrogen) atoms. The molecule has 0 aromatic carbocycles. The van der Waals surface area contributed by atoms with Gasteiger partial charge in [-0.05, 0) is 6.42 Å². The van der Waals surface area contributed by atoms with E-state index in [1.165, 1.54) is 0 Å². The van der Waals surface area contributed by atoms with Gasteiger partial charge in [0.05, 0.1) is 12.6 Å². The molecule has 58 valence electrons. The molecular formula is C7H13NO2. The molecule has 0 aromatic heterocycles. The van der Waals surface area contributed by atoms with E-state index < -0.39 is 0 Å². The third-order valence-corrected chi connectivity index (χ3v) is 1.90. The number of ether oxygens (including phenoxy) is 1. The topological polar surface area (TPSA) is 29.5 Å². The van der Waals surface area contributed by atoms with Gasteiger partial charge in [0.15, 0.2) is 0 Å². The SMILES string of the molecule is CO[C@H]1CCN(CC=O)C1. The molecule has 1 heterocycles. The fourth-order valence-electron chi connectivity index (χ4n) is 1.26. The molecule has 0 N–H and O–H groups in total. The van der Waals surface area contributed by atoms with Crippen LogP contribution in [-0.2, 0) is 9.53 Å². The van der Waals surface area contributed by atoms with Crippen molar-refractivity contribution in [2.75, 3.05) is 26.7 Å². The van der Waals surface area contributed by atoms with E-state index in [2.05, 4.69) is 4.90 Å². The van der Waals surface area contributed by atoms with Gasteiger partial charge in [-0.25, -0.2) is 0 Å². The van der Waals surface area contributed by atoms with E-state index in [0.29, 0.717) is 12.6 Å². The number of carbonyl (C=O) groups excluding carboxylic acids is 1. The molecule has 3 heteroatoms. The van der Waals surface area contributed by atoms with Crippen molar-refractivity contribution in [3.63, 3.8) is 0 Å². The Hall–Kier alpha value is -0.410. The molecule has 0 amide bonds. The largest absolute Gasteiger partial charge is 0.380 e. The van der Waals surface area contributed by atoms with Crippen LogP contribution < -0.4 is 0 Å². The number of rotatable bonds is 3. The van der Waals surface area contributed by atoms with Crippen LogP contribution in [0.5, 0.6) is 0 Å². The zero-order valence-corrected chi connectivity index (χ0v) is 6.25. The van der Waals surface area contributed by atoms with Gasteiger partial charge < -0.3 is 9.53 Å². The first kappa shape index (κ1) is 7.69. The van der Waals surface area contributed by atoms with Crippen LogP contribution in [0.1, 0.15) is 6.42 Å². The van der Waals surface area contributed by atoms with Gasteiger partial charge >= 0.3 is 0 Å². The highest BCUT2D eigenvalue weighted by molar-refractivity contribution is 5.52. The summed E-state index contributed by atoms with van der Waals surface area (Å²) in [6.45, 7) is 2.46. The Morgan fingerprint density at radius 2 is 2.60 bits per heavy atom. The van der Waals surface area contributed by atoms with Crippen LogP contribution in [0.3, 0.4) is 0 Å². The molecule has 0 saturated carbocycles. The molecule has 0 aliphatic carbocycles. The van der Waals surface area contributed by atoms with Crippen LogP contribution in [0.15, 0.2) is 0 Å². The minimum absolute atomic E-state index is 0.347. The van der Waals surface area contributed by atoms with Gasteiger partial charge in [-0.2, -0.15) is 0 Å². The van der Waals surface area contributed by atoms with E-state index in [1.807, 2.05) is 0 Å². The van der Waals surface area contributed by atoms with E-state index in [-0.39, 0.29) is 0 Å². The monoisotopic (exact) mass is 143 g/mol. The maximum atomic E-state index is 10.1. The molecule has 0 radical (unpaired) electrons. The highest BCUT2D eigenvalue weighted by Gasteiger charge is 2.20. The average Bonchev–Trinajstić information content (AvgIpc) is 2.37. The summed E-state index contributed by atoms with van der Waals surface area (Å²) in [5, 5.41) is 0. The van der Waals surface area contributed by atoms with Crippen molar-refractivity contribution in [1.29, 1.82) is 0 Å². The van der Waals surface area contributed by atoms with Crippen molar-refractivity contribution in [1.82, 2.24) is 4.90 Å². The number of carbonyl (C=O) groups is 1. The highest BCUT2D eigenvalue weighted by Crippen LogP contribution is 2.09. The summed E-state index contributed by atoms with van der Waals surface area (Å²) in [4.78, 5) is 12.2. The number of likely N-dealkylation sites (tertiary alicyclic amines) is 1. The predicted molar refractivity (Wildman–Crippen MR) is 37.9 cm³/mol. The lowest BCUT2D eigenvalue weighted by atomic mass is 10.3. The maximum absolute atomic E-state index is 10.1. The predicted octanol–water partition coefficient (Wildman–Crippen LogP) is -0.0940. The summed E-state index contributed by atoms with van der Waals surface area (Å²) in [5.41, 5.74) is 0. The maximum Gasteiger partial charge on any atom is 0.133 e. The summed E-state index contributed by atoms with van der Waals surface area (Å²) >= 11 is 0. The third kappa shape index (κ3) is 1.78. The van der Waals surface area contributed by atoms with Gasteiger partial charge in [0.25, 0.3) is 0 Å². The molecule has 0 aromatic rings. The van der Waals surface area contributed by atoms with E-state index in [4.69, 9.17) is 4.74 Å². The van der Waals surface area contributed by atoms with Crippen molar-refractivity contribution in [2.45, 2.75) is 12.5 Å². The van der Waals surface area contributed by atoms with Crippen molar-refractivity contribution >= 4 is 6.29 Å². The van der Waals surface area contributed by atoms with Crippen molar-refractivity contribution < 1.29 is 9.53 Å². The Morgan fingerprint density at radius 1 is 1.80 bits per heavy atom. The molecule has 1 saturated heterocycles. The fraction of sp³-hybridized carbons (Fsp3) is 0.857. The van der Waals surface area contributed by atoms with Gasteiger partial charge in [0.2, 0.25) is 0 Å². The second-order valence-electron chi connectivity index (χ2n) is 2.57. The summed E-state index contributed by atoms with van der Waals surface area (Å²) in [7, 11) is 1.72. The first-order chi connectivity index (χ1) is 4.86. The molecule has 0 bridgehead atoms. The Labute approximate surface area is 61.0 Å². The molecule has 3 nitrogen and oxygen atoms in total. The number of methoxy groups -OCH3 is 1. The minimum atomic E-state index is 0.347. The normalized spacial score (nSPS) is 27.1. The molecule has 1 fully saturated rings. The van der Waals surface area contributed by atoms with Gasteiger partial charge in [-0.15, -0.1) is 0 Å². The first-order valence-electron chi connectivity index (χ1n) is 3.55. The van der Waals surface area contributed by atoms with Crippen LogP contribution >= 0.6 is 0 Å². The quantitative estimate of drug-likeness (QED) is 0.517. The van der Waals surface area contributed by atoms with Crippen LogP contribution in [0.2, 0.25) is 0 Å². The van der Waals surface area contributed by atoms with Crippen molar-refractivity contribution in [3.8, 4) is 0 Å². The number of hydrogen-bond acceptors (Lipinski definition) is 3. The molecular weight excluding hydrogens is 130 g/mol. The Kier molecular flexibility index (Phi) is 2.83. The van der Waals surface area contributed by atoms with E-state index in [1.54, 1.807) is 7.11 Å². The Morgan fingerprint density at radius 3 is 3.10 bits per heavy atom. The summed E-state index contributed by atoms with van der Waals surface area (Å²) in [6.07, 6.45) is 2.35. The Balaban J connectivity index is 2.21. The zero-order valence-electron chi connectivity index (χ0n) is 6.25. The molecule has 0 spiro atoms. The lowest BCUT2D eigenvalue weighted by molar-refractivity contribution is -0.108. The van der Waals surface area contributed by atoms with Crippen LogP contribution in [0, 0.1) is 0 Å². The Bertz CT molecular complexity index is 116. The van der Waals surface area contributed by atoms with E-state index >= 15 is 0 Å². The third-order valence-electron chi connectivity index (χ3n) is 1.90. The number of hydrogen-bond donors (Lipinski definition) is 0. The van der Waals surface area contributed by atoms with Gasteiger partial charge in [0, 0.05) is 20.2 Å². The average molecular weight is 143 g/mol. The fourth-order valence-corrected chi connectivity index (χ4v) is 1.26. The summed E-state index contributed by atoms with van der Waals surface area (Å²) < 4.78 is 5.13. The van der Waals surface area contributed by atoms with Gasteiger partial charge in [0.1, 0.15) is 6.29 Å². The lowest BCUT2D eigenvalue weighted by Gasteiger charge is -2.10. The van der Waals surface area contributed by atoms with Gasteiger partial charge in [-0.1, -0.05) is 0 Å². The molecule has 1 aliphatic heterocycles. The second-order valence-corrected chi connectivity index (χ2v) is 2.57. The first-order valence-corrected chi connectivity index (χ1v) is 3.55. The second kappa shape index (κ2) is 3.68. The van der Waals surface area contributed by atoms with Crippen LogP contribution in [0.4, 0.5) is 0 Å². The smallest absolute Gasteiger partial charge is 0.133 e. The van der Waals surface area contributed by atoms with Crippen molar-refractivity contribution in [2.24, 2.45) is 0 Å². The highest BCUT2D eigenvalue weighted by atomic mass is 16.5. The zero-order chi connectivity index (χ0) is 7.40. The standard InChI is InChI=1S/C7H13NO2/c1-10-7-2-3-8(6-7)4-5-9/h5,7H,2-4,6H2,1H3/t7-/m0/s1. The van der Waals surface area contributed by atoms with E-state index in [0.717, 1.165) is 25.8 Å². The summed E-state index contributed by atoms with van der Waals surface area (Å²) in [5.74, 6) is 0. The molecule has 1 rings (SSSR count). The van der Waals surface area contributed by atoms with E-state index in [9.17, 15) is 4.79 Å². The summed E-state index contributed by atoms with van der Waals surface area (Å²) in [6, 6.07) is 0. The minimum Gasteiger partial charge on any atom is -0.380 e. The van der Waals surface area contributed by atoms with Crippen LogP contribution in [-0.4, -0.2) is 44.0 Å². The molecule has 0 unspecified atom stereocenters. The van der Waals surface area contributed by atoms with Crippen LogP contribution in [0.25, 0.3) is 0 Å².